The van der Waals surface area contributed by atoms with Crippen LogP contribution in [0.15, 0.2) is 67.3 Å². The number of benzene rings is 2. The van der Waals surface area contributed by atoms with E-state index in [4.69, 9.17) is 11.6 Å². The molecular weight excluding hydrogens is 410 g/mol. The third-order valence-electron chi connectivity index (χ3n) is 4.10. The molecule has 0 radical (unpaired) electrons. The lowest BCUT2D eigenvalue weighted by molar-refractivity contribution is 0.607. The predicted octanol–water partition coefficient (Wildman–Crippen LogP) is 4.46. The van der Waals surface area contributed by atoms with Crippen LogP contribution in [0.25, 0.3) is 22.0 Å². The molecule has 0 aliphatic carbocycles. The first-order valence-corrected chi connectivity index (χ1v) is 10.8. The maximum atomic E-state index is 11.5. The van der Waals surface area contributed by atoms with Crippen LogP contribution in [0.3, 0.4) is 0 Å². The van der Waals surface area contributed by atoms with Crippen LogP contribution in [0.4, 0.5) is 17.2 Å². The zero-order valence-corrected chi connectivity index (χ0v) is 16.9. The number of fused-ring (bicyclic) bond motifs is 1. The summed E-state index contributed by atoms with van der Waals surface area (Å²) >= 11 is 6.01. The minimum absolute atomic E-state index is 0.498. The highest BCUT2D eigenvalue weighted by Gasteiger charge is 2.09. The molecule has 0 aliphatic heterocycles. The van der Waals surface area contributed by atoms with Crippen LogP contribution in [0, 0.1) is 0 Å². The highest BCUT2D eigenvalue weighted by Crippen LogP contribution is 2.30. The van der Waals surface area contributed by atoms with Crippen LogP contribution in [-0.2, 0) is 10.0 Å². The van der Waals surface area contributed by atoms with E-state index >= 15 is 0 Å². The van der Waals surface area contributed by atoms with Gasteiger partial charge in [-0.25, -0.2) is 18.4 Å². The number of anilines is 3. The Hall–Kier alpha value is -3.23. The zero-order valence-electron chi connectivity index (χ0n) is 15.3. The van der Waals surface area contributed by atoms with Crippen molar-refractivity contribution in [2.24, 2.45) is 0 Å². The summed E-state index contributed by atoms with van der Waals surface area (Å²) in [5.41, 5.74) is 3.74. The number of hydrogen-bond acceptors (Lipinski definition) is 6. The minimum Gasteiger partial charge on any atom is -0.338 e. The number of sulfonamides is 1. The Labute approximate surface area is 172 Å². The van der Waals surface area contributed by atoms with Gasteiger partial charge in [0.15, 0.2) is 0 Å². The molecule has 7 nitrogen and oxygen atoms in total. The fourth-order valence-electron chi connectivity index (χ4n) is 2.93. The van der Waals surface area contributed by atoms with Gasteiger partial charge in [0.1, 0.15) is 12.1 Å². The molecule has 4 aromatic rings. The summed E-state index contributed by atoms with van der Waals surface area (Å²) in [5, 5.41) is 4.55. The van der Waals surface area contributed by atoms with Crippen molar-refractivity contribution < 1.29 is 8.42 Å². The van der Waals surface area contributed by atoms with Gasteiger partial charge in [-0.15, -0.1) is 0 Å². The standard InChI is InChI=1S/C20H16ClN5O2S/c1-29(27,28)26-16-4-2-3-13(7-16)14-5-6-19-18(8-14)20(24-12-23-19)25-17-9-15(21)10-22-11-17/h2-12,26H,1H3,(H,23,24,25). The molecule has 146 valence electrons. The molecule has 0 saturated heterocycles. The Bertz CT molecular complexity index is 1310. The molecule has 0 aliphatic rings. The number of pyridine rings is 1. The van der Waals surface area contributed by atoms with Crippen LogP contribution in [0.2, 0.25) is 5.02 Å². The molecule has 0 spiro atoms. The first-order chi connectivity index (χ1) is 13.9. The molecule has 29 heavy (non-hydrogen) atoms. The highest BCUT2D eigenvalue weighted by molar-refractivity contribution is 7.92. The quantitative estimate of drug-likeness (QED) is 0.490. The number of hydrogen-bond donors (Lipinski definition) is 2. The largest absolute Gasteiger partial charge is 0.338 e. The van der Waals surface area contributed by atoms with Gasteiger partial charge < -0.3 is 5.32 Å². The lowest BCUT2D eigenvalue weighted by Gasteiger charge is -2.11. The van der Waals surface area contributed by atoms with Gasteiger partial charge in [0.2, 0.25) is 10.0 Å². The molecule has 2 heterocycles. The second kappa shape index (κ2) is 7.65. The summed E-state index contributed by atoms with van der Waals surface area (Å²) in [6.07, 6.45) is 5.82. The number of rotatable bonds is 5. The second-order valence-corrected chi connectivity index (χ2v) is 8.61. The van der Waals surface area contributed by atoms with E-state index in [-0.39, 0.29) is 0 Å². The lowest BCUT2D eigenvalue weighted by Crippen LogP contribution is -2.09. The third kappa shape index (κ3) is 4.61. The molecule has 2 N–H and O–H groups in total. The first kappa shape index (κ1) is 19.1. The summed E-state index contributed by atoms with van der Waals surface area (Å²) in [5.74, 6) is 0.617. The van der Waals surface area contributed by atoms with Gasteiger partial charge in [-0.2, -0.15) is 0 Å². The SMILES string of the molecule is CS(=O)(=O)Nc1cccc(-c2ccc3ncnc(Nc4cncc(Cl)c4)c3c2)c1. The predicted molar refractivity (Wildman–Crippen MR) is 116 cm³/mol. The van der Waals surface area contributed by atoms with Gasteiger partial charge in [-0.3, -0.25) is 9.71 Å². The van der Waals surface area contributed by atoms with Crippen molar-refractivity contribution in [2.45, 2.75) is 0 Å². The van der Waals surface area contributed by atoms with Crippen molar-refractivity contribution in [2.75, 3.05) is 16.3 Å². The second-order valence-electron chi connectivity index (χ2n) is 6.43. The van der Waals surface area contributed by atoms with Gasteiger partial charge in [0.25, 0.3) is 0 Å². The summed E-state index contributed by atoms with van der Waals surface area (Å²) in [4.78, 5) is 12.7. The number of halogens is 1. The summed E-state index contributed by atoms with van der Waals surface area (Å²) in [6.45, 7) is 0. The van der Waals surface area contributed by atoms with Crippen LogP contribution >= 0.6 is 11.6 Å². The normalized spacial score (nSPS) is 11.4. The van der Waals surface area contributed by atoms with Gasteiger partial charge in [-0.1, -0.05) is 29.8 Å². The Morgan fingerprint density at radius 3 is 2.55 bits per heavy atom. The molecule has 0 unspecified atom stereocenters. The lowest BCUT2D eigenvalue weighted by atomic mass is 10.0. The van der Waals surface area contributed by atoms with E-state index in [2.05, 4.69) is 25.0 Å². The molecule has 0 fully saturated rings. The maximum absolute atomic E-state index is 11.5. The average Bonchev–Trinajstić information content (AvgIpc) is 2.67. The highest BCUT2D eigenvalue weighted by atomic mass is 35.5. The van der Waals surface area contributed by atoms with Crippen LogP contribution in [0.1, 0.15) is 0 Å². The van der Waals surface area contributed by atoms with E-state index in [0.29, 0.717) is 22.2 Å². The van der Waals surface area contributed by atoms with E-state index in [0.717, 1.165) is 28.3 Å². The zero-order chi connectivity index (χ0) is 20.4. The molecular formula is C20H16ClN5O2S. The minimum atomic E-state index is -3.35. The van der Waals surface area contributed by atoms with Gasteiger partial charge >= 0.3 is 0 Å². The van der Waals surface area contributed by atoms with E-state index in [9.17, 15) is 8.42 Å². The topological polar surface area (TPSA) is 96.9 Å². The number of aromatic nitrogens is 3. The molecule has 2 aromatic carbocycles. The number of nitrogens with zero attached hydrogens (tertiary/aromatic N) is 3. The Balaban J connectivity index is 1.75. The van der Waals surface area contributed by atoms with Gasteiger partial charge in [0.05, 0.1) is 28.7 Å². The fourth-order valence-corrected chi connectivity index (χ4v) is 3.66. The Morgan fingerprint density at radius 1 is 0.931 bits per heavy atom. The van der Waals surface area contributed by atoms with Gasteiger partial charge in [-0.05, 0) is 41.5 Å². The van der Waals surface area contributed by atoms with Crippen molar-refractivity contribution in [3.63, 3.8) is 0 Å². The van der Waals surface area contributed by atoms with E-state index in [1.54, 1.807) is 36.7 Å². The van der Waals surface area contributed by atoms with Crippen molar-refractivity contribution in [3.05, 3.63) is 72.3 Å². The molecule has 9 heteroatoms. The molecule has 0 amide bonds. The Morgan fingerprint density at radius 2 is 1.76 bits per heavy atom. The van der Waals surface area contributed by atoms with E-state index < -0.39 is 10.0 Å². The van der Waals surface area contributed by atoms with Gasteiger partial charge in [0, 0.05) is 17.3 Å². The maximum Gasteiger partial charge on any atom is 0.229 e. The summed E-state index contributed by atoms with van der Waals surface area (Å²) in [6, 6.07) is 14.7. The van der Waals surface area contributed by atoms with E-state index in [1.807, 2.05) is 24.3 Å². The number of nitrogens with one attached hydrogen (secondary N) is 2. The van der Waals surface area contributed by atoms with Crippen molar-refractivity contribution >= 4 is 49.7 Å². The van der Waals surface area contributed by atoms with Crippen molar-refractivity contribution in [3.8, 4) is 11.1 Å². The smallest absolute Gasteiger partial charge is 0.229 e. The molecule has 0 bridgehead atoms. The van der Waals surface area contributed by atoms with E-state index in [1.165, 1.54) is 6.33 Å². The Kier molecular flexibility index (Phi) is 5.04. The molecule has 2 aromatic heterocycles. The monoisotopic (exact) mass is 425 g/mol. The van der Waals surface area contributed by atoms with Crippen molar-refractivity contribution in [1.82, 2.24) is 15.0 Å². The van der Waals surface area contributed by atoms with Crippen LogP contribution in [0.5, 0.6) is 0 Å². The van der Waals surface area contributed by atoms with Crippen molar-refractivity contribution in [1.29, 1.82) is 0 Å². The average molecular weight is 426 g/mol. The molecule has 0 atom stereocenters. The summed E-state index contributed by atoms with van der Waals surface area (Å²) < 4.78 is 25.5. The summed E-state index contributed by atoms with van der Waals surface area (Å²) in [7, 11) is -3.35. The first-order valence-electron chi connectivity index (χ1n) is 8.58. The third-order valence-corrected chi connectivity index (χ3v) is 4.92. The van der Waals surface area contributed by atoms with Crippen LogP contribution in [-0.4, -0.2) is 29.6 Å². The van der Waals surface area contributed by atoms with Crippen LogP contribution < -0.4 is 10.0 Å². The fraction of sp³-hybridized carbons (Fsp3) is 0.0500. The molecule has 4 rings (SSSR count). The molecule has 0 saturated carbocycles.